The fourth-order valence-electron chi connectivity index (χ4n) is 2.53. The number of amides is 3. The summed E-state index contributed by atoms with van der Waals surface area (Å²) in [6, 6.07) is 13.8. The minimum absolute atomic E-state index is 0.0603. The predicted octanol–water partition coefficient (Wildman–Crippen LogP) is 1.74. The average Bonchev–Trinajstić information content (AvgIpc) is 3.07. The number of hydrogen-bond acceptors (Lipinski definition) is 3. The van der Waals surface area contributed by atoms with Gasteiger partial charge in [0, 0.05) is 6.54 Å². The highest BCUT2D eigenvalue weighted by Crippen LogP contribution is 2.19. The molecule has 1 heterocycles. The first-order valence-corrected chi connectivity index (χ1v) is 7.90. The van der Waals surface area contributed by atoms with Crippen LogP contribution in [0.4, 0.5) is 9.18 Å². The summed E-state index contributed by atoms with van der Waals surface area (Å²) in [5.41, 5.74) is 0.824. The van der Waals surface area contributed by atoms with E-state index in [4.69, 9.17) is 4.74 Å². The number of urea groups is 1. The molecule has 130 valence electrons. The van der Waals surface area contributed by atoms with Gasteiger partial charge in [0.15, 0.2) is 11.6 Å². The minimum atomic E-state index is -0.646. The van der Waals surface area contributed by atoms with Gasteiger partial charge in [-0.1, -0.05) is 42.5 Å². The summed E-state index contributed by atoms with van der Waals surface area (Å²) in [4.78, 5) is 23.6. The van der Waals surface area contributed by atoms with Crippen LogP contribution in [0.3, 0.4) is 0 Å². The topological polar surface area (TPSA) is 79.5 Å². The lowest BCUT2D eigenvalue weighted by atomic mass is 10.1. The number of nitrogens with one attached hydrogen (secondary N) is 3. The first-order valence-electron chi connectivity index (χ1n) is 7.90. The van der Waals surface area contributed by atoms with Gasteiger partial charge < -0.3 is 20.7 Å². The van der Waals surface area contributed by atoms with Gasteiger partial charge in [0.2, 0.25) is 5.91 Å². The van der Waals surface area contributed by atoms with E-state index in [9.17, 15) is 14.0 Å². The first-order chi connectivity index (χ1) is 12.1. The zero-order chi connectivity index (χ0) is 17.6. The van der Waals surface area contributed by atoms with Crippen LogP contribution < -0.4 is 20.7 Å². The largest absolute Gasteiger partial charge is 0.488 e. The summed E-state index contributed by atoms with van der Waals surface area (Å²) < 4.78 is 19.3. The van der Waals surface area contributed by atoms with Gasteiger partial charge in [0.1, 0.15) is 12.6 Å². The van der Waals surface area contributed by atoms with E-state index in [-0.39, 0.29) is 30.8 Å². The van der Waals surface area contributed by atoms with Crippen molar-refractivity contribution in [2.24, 2.45) is 0 Å². The Bertz CT molecular complexity index is 754. The summed E-state index contributed by atoms with van der Waals surface area (Å²) in [5, 5.41) is 7.91. The van der Waals surface area contributed by atoms with Crippen molar-refractivity contribution < 1.29 is 18.7 Å². The van der Waals surface area contributed by atoms with Gasteiger partial charge in [0.25, 0.3) is 0 Å². The van der Waals surface area contributed by atoms with Crippen molar-refractivity contribution in [3.05, 3.63) is 66.0 Å². The van der Waals surface area contributed by atoms with Crippen molar-refractivity contribution in [1.29, 1.82) is 0 Å². The van der Waals surface area contributed by atoms with Crippen molar-refractivity contribution >= 4 is 11.9 Å². The third-order valence-electron chi connectivity index (χ3n) is 3.85. The average molecular weight is 343 g/mol. The van der Waals surface area contributed by atoms with Crippen LogP contribution in [0.1, 0.15) is 11.6 Å². The molecule has 1 aliphatic heterocycles. The molecule has 7 heteroatoms. The van der Waals surface area contributed by atoms with Crippen LogP contribution in [-0.4, -0.2) is 31.1 Å². The number of hydrogen-bond donors (Lipinski definition) is 3. The highest BCUT2D eigenvalue weighted by molar-refractivity contribution is 5.90. The molecular weight excluding hydrogens is 325 g/mol. The molecule has 3 amide bonds. The lowest BCUT2D eigenvalue weighted by Crippen LogP contribution is -2.45. The molecule has 25 heavy (non-hydrogen) atoms. The van der Waals surface area contributed by atoms with E-state index >= 15 is 0 Å². The van der Waals surface area contributed by atoms with Crippen LogP contribution in [0.25, 0.3) is 0 Å². The van der Waals surface area contributed by atoms with E-state index in [2.05, 4.69) is 16.0 Å². The number of halogens is 1. The zero-order valence-corrected chi connectivity index (χ0v) is 13.4. The minimum Gasteiger partial charge on any atom is -0.488 e. The zero-order valence-electron chi connectivity index (χ0n) is 13.4. The Kier molecular flexibility index (Phi) is 5.13. The normalized spacial score (nSPS) is 17.3. The third-order valence-corrected chi connectivity index (χ3v) is 3.85. The van der Waals surface area contributed by atoms with Gasteiger partial charge in [-0.15, -0.1) is 0 Å². The molecule has 2 atom stereocenters. The standard InChI is InChI=1S/C18H18FN3O3/c19-13-8-4-5-9-16(13)25-11-15(12-6-2-1-3-7-12)21-17(23)14-10-20-18(24)22-14/h1-9,14-15H,10-11H2,(H,21,23)(H2,20,22,24)/t14-,15-/m0/s1. The predicted molar refractivity (Wildman–Crippen MR) is 89.5 cm³/mol. The van der Waals surface area contributed by atoms with Crippen LogP contribution in [0.5, 0.6) is 5.75 Å². The van der Waals surface area contributed by atoms with Crippen LogP contribution in [0.15, 0.2) is 54.6 Å². The van der Waals surface area contributed by atoms with Crippen molar-refractivity contribution in [1.82, 2.24) is 16.0 Å². The Hall–Kier alpha value is -3.09. The van der Waals surface area contributed by atoms with E-state index in [1.807, 2.05) is 30.3 Å². The Morgan fingerprint density at radius 1 is 1.20 bits per heavy atom. The van der Waals surface area contributed by atoms with Gasteiger partial charge in [-0.3, -0.25) is 4.79 Å². The van der Waals surface area contributed by atoms with E-state index in [0.717, 1.165) is 5.56 Å². The van der Waals surface area contributed by atoms with Crippen molar-refractivity contribution in [3.63, 3.8) is 0 Å². The van der Waals surface area contributed by atoms with Crippen molar-refractivity contribution in [2.75, 3.05) is 13.2 Å². The highest BCUT2D eigenvalue weighted by atomic mass is 19.1. The summed E-state index contributed by atoms with van der Waals surface area (Å²) >= 11 is 0. The van der Waals surface area contributed by atoms with Gasteiger partial charge >= 0.3 is 6.03 Å². The van der Waals surface area contributed by atoms with Crippen LogP contribution in [0, 0.1) is 5.82 Å². The smallest absolute Gasteiger partial charge is 0.315 e. The summed E-state index contributed by atoms with van der Waals surface area (Å²) in [6.07, 6.45) is 0. The fourth-order valence-corrected chi connectivity index (χ4v) is 2.53. The van der Waals surface area contributed by atoms with Gasteiger partial charge in [-0.05, 0) is 17.7 Å². The summed E-state index contributed by atoms with van der Waals surface area (Å²) in [7, 11) is 0. The molecular formula is C18H18FN3O3. The lowest BCUT2D eigenvalue weighted by molar-refractivity contribution is -0.123. The van der Waals surface area contributed by atoms with Crippen molar-refractivity contribution in [2.45, 2.75) is 12.1 Å². The van der Waals surface area contributed by atoms with Gasteiger partial charge in [-0.2, -0.15) is 0 Å². The van der Waals surface area contributed by atoms with E-state index in [1.165, 1.54) is 12.1 Å². The molecule has 0 unspecified atom stereocenters. The molecule has 2 aromatic rings. The monoisotopic (exact) mass is 343 g/mol. The van der Waals surface area contributed by atoms with E-state index < -0.39 is 17.9 Å². The second-order valence-corrected chi connectivity index (χ2v) is 5.62. The summed E-state index contributed by atoms with van der Waals surface area (Å²) in [6.45, 7) is 0.283. The molecule has 1 saturated heterocycles. The fraction of sp³-hybridized carbons (Fsp3) is 0.222. The number of carbonyl (C=O) groups is 2. The van der Waals surface area contributed by atoms with E-state index in [0.29, 0.717) is 0 Å². The van der Waals surface area contributed by atoms with E-state index in [1.54, 1.807) is 12.1 Å². The molecule has 0 aliphatic carbocycles. The quantitative estimate of drug-likeness (QED) is 0.747. The lowest BCUT2D eigenvalue weighted by Gasteiger charge is -2.21. The maximum atomic E-state index is 13.7. The number of benzene rings is 2. The molecule has 0 spiro atoms. The maximum absolute atomic E-state index is 13.7. The Labute approximate surface area is 144 Å². The number of ether oxygens (including phenoxy) is 1. The second-order valence-electron chi connectivity index (χ2n) is 5.62. The molecule has 1 fully saturated rings. The second kappa shape index (κ2) is 7.65. The SMILES string of the molecule is O=C1NC[C@@H](C(=O)N[C@@H](COc2ccccc2F)c2ccccc2)N1. The van der Waals surface area contributed by atoms with Crippen LogP contribution in [-0.2, 0) is 4.79 Å². The highest BCUT2D eigenvalue weighted by Gasteiger charge is 2.28. The molecule has 0 saturated carbocycles. The van der Waals surface area contributed by atoms with Crippen LogP contribution >= 0.6 is 0 Å². The Morgan fingerprint density at radius 3 is 2.60 bits per heavy atom. The Morgan fingerprint density at radius 2 is 1.92 bits per heavy atom. The number of carbonyl (C=O) groups excluding carboxylic acids is 2. The molecule has 3 rings (SSSR count). The molecule has 6 nitrogen and oxygen atoms in total. The molecule has 1 aliphatic rings. The van der Waals surface area contributed by atoms with Gasteiger partial charge in [-0.25, -0.2) is 9.18 Å². The van der Waals surface area contributed by atoms with Crippen molar-refractivity contribution in [3.8, 4) is 5.75 Å². The third kappa shape index (κ3) is 4.26. The van der Waals surface area contributed by atoms with Crippen LogP contribution in [0.2, 0.25) is 0 Å². The molecule has 0 bridgehead atoms. The maximum Gasteiger partial charge on any atom is 0.315 e. The Balaban J connectivity index is 1.70. The summed E-state index contributed by atoms with van der Waals surface area (Å²) in [5.74, 6) is -0.675. The number of para-hydroxylation sites is 1. The first kappa shape index (κ1) is 16.8. The molecule has 0 radical (unpaired) electrons. The van der Waals surface area contributed by atoms with Gasteiger partial charge in [0.05, 0.1) is 6.04 Å². The number of rotatable bonds is 6. The molecule has 0 aromatic heterocycles. The molecule has 3 N–H and O–H groups in total. The molecule has 2 aromatic carbocycles.